The van der Waals surface area contributed by atoms with Gasteiger partial charge in [-0.15, -0.1) is 0 Å². The number of hydrogen-bond acceptors (Lipinski definition) is 2. The zero-order valence-corrected chi connectivity index (χ0v) is 10.8. The molecule has 0 bridgehead atoms. The molecule has 1 atom stereocenters. The first-order chi connectivity index (χ1) is 7.69. The Hall–Kier alpha value is -0.830. The third kappa shape index (κ3) is 3.63. The Bertz CT molecular complexity index is 287. The Morgan fingerprint density at radius 3 is 2.38 bits per heavy atom. The highest BCUT2D eigenvalue weighted by molar-refractivity contribution is 4.95. The van der Waals surface area contributed by atoms with Crippen LogP contribution in [0.15, 0.2) is 12.4 Å². The minimum atomic E-state index is 0.251. The smallest absolute Gasteiger partial charge is 0.109 e. The van der Waals surface area contributed by atoms with E-state index in [1.807, 2.05) is 19.4 Å². The van der Waals surface area contributed by atoms with E-state index in [1.54, 1.807) is 0 Å². The van der Waals surface area contributed by atoms with Gasteiger partial charge in [-0.05, 0) is 18.8 Å². The standard InChI is InChI=1S/C13H25N3/c1-4-6-11(7-5-2)12(14)10-13-15-8-9-16(13)3/h8-9,11-12H,4-7,10,14H2,1-3H3. The molecule has 1 heterocycles. The summed E-state index contributed by atoms with van der Waals surface area (Å²) in [4.78, 5) is 4.34. The van der Waals surface area contributed by atoms with Crippen LogP contribution in [-0.4, -0.2) is 15.6 Å². The summed E-state index contributed by atoms with van der Waals surface area (Å²) in [6.45, 7) is 4.46. The quantitative estimate of drug-likeness (QED) is 0.772. The third-order valence-electron chi connectivity index (χ3n) is 3.26. The molecule has 1 aromatic heterocycles. The number of nitrogens with two attached hydrogens (primary N) is 1. The lowest BCUT2D eigenvalue weighted by Crippen LogP contribution is -2.33. The Morgan fingerprint density at radius 1 is 1.31 bits per heavy atom. The van der Waals surface area contributed by atoms with Crippen LogP contribution in [0, 0.1) is 5.92 Å². The predicted octanol–water partition coefficient (Wildman–Crippen LogP) is 2.51. The lowest BCUT2D eigenvalue weighted by molar-refractivity contribution is 0.354. The zero-order valence-electron chi connectivity index (χ0n) is 10.8. The molecule has 0 spiro atoms. The maximum Gasteiger partial charge on any atom is 0.109 e. The lowest BCUT2D eigenvalue weighted by Gasteiger charge is -2.22. The van der Waals surface area contributed by atoms with Gasteiger partial charge in [0.1, 0.15) is 5.82 Å². The SMILES string of the molecule is CCCC(CCC)C(N)Cc1nccn1C. The van der Waals surface area contributed by atoms with Crippen LogP contribution in [0.2, 0.25) is 0 Å². The lowest BCUT2D eigenvalue weighted by atomic mass is 9.89. The average Bonchev–Trinajstić information content (AvgIpc) is 2.64. The molecule has 1 unspecified atom stereocenters. The van der Waals surface area contributed by atoms with Crippen molar-refractivity contribution in [3.05, 3.63) is 18.2 Å². The highest BCUT2D eigenvalue weighted by atomic mass is 15.0. The van der Waals surface area contributed by atoms with Crippen molar-refractivity contribution in [3.8, 4) is 0 Å². The second kappa shape index (κ2) is 6.69. The maximum atomic E-state index is 6.30. The van der Waals surface area contributed by atoms with E-state index in [2.05, 4.69) is 23.4 Å². The molecule has 0 aromatic carbocycles. The molecule has 0 aliphatic rings. The van der Waals surface area contributed by atoms with Gasteiger partial charge in [0.15, 0.2) is 0 Å². The van der Waals surface area contributed by atoms with Crippen LogP contribution >= 0.6 is 0 Å². The number of rotatable bonds is 7. The Balaban J connectivity index is 2.54. The van der Waals surface area contributed by atoms with Crippen LogP contribution in [0.25, 0.3) is 0 Å². The van der Waals surface area contributed by atoms with E-state index < -0.39 is 0 Å². The van der Waals surface area contributed by atoms with Crippen molar-refractivity contribution in [2.45, 2.75) is 52.0 Å². The summed E-state index contributed by atoms with van der Waals surface area (Å²) in [5.41, 5.74) is 6.30. The molecule has 0 amide bonds. The molecule has 0 fully saturated rings. The van der Waals surface area contributed by atoms with E-state index in [1.165, 1.54) is 25.7 Å². The molecule has 0 aliphatic heterocycles. The predicted molar refractivity (Wildman–Crippen MR) is 68.2 cm³/mol. The number of aryl methyl sites for hydroxylation is 1. The summed E-state index contributed by atoms with van der Waals surface area (Å²) in [6.07, 6.45) is 9.64. The van der Waals surface area contributed by atoms with Crippen LogP contribution < -0.4 is 5.73 Å². The van der Waals surface area contributed by atoms with Crippen LogP contribution in [0.3, 0.4) is 0 Å². The van der Waals surface area contributed by atoms with Gasteiger partial charge >= 0.3 is 0 Å². The summed E-state index contributed by atoms with van der Waals surface area (Å²) in [5.74, 6) is 1.75. The van der Waals surface area contributed by atoms with Gasteiger partial charge in [0.25, 0.3) is 0 Å². The van der Waals surface area contributed by atoms with Crippen molar-refractivity contribution in [3.63, 3.8) is 0 Å². The van der Waals surface area contributed by atoms with E-state index in [-0.39, 0.29) is 6.04 Å². The fourth-order valence-corrected chi connectivity index (χ4v) is 2.28. The summed E-state index contributed by atoms with van der Waals surface area (Å²) in [5, 5.41) is 0. The molecule has 0 radical (unpaired) electrons. The van der Waals surface area contributed by atoms with E-state index in [9.17, 15) is 0 Å². The molecular weight excluding hydrogens is 198 g/mol. The van der Waals surface area contributed by atoms with Crippen LogP contribution in [0.4, 0.5) is 0 Å². The topological polar surface area (TPSA) is 43.8 Å². The van der Waals surface area contributed by atoms with Crippen molar-refractivity contribution in [1.29, 1.82) is 0 Å². The first-order valence-electron chi connectivity index (χ1n) is 6.40. The van der Waals surface area contributed by atoms with Crippen molar-refractivity contribution < 1.29 is 0 Å². The molecule has 92 valence electrons. The average molecular weight is 223 g/mol. The summed E-state index contributed by atoms with van der Waals surface area (Å²) < 4.78 is 2.06. The first kappa shape index (κ1) is 13.2. The minimum Gasteiger partial charge on any atom is -0.338 e. The third-order valence-corrected chi connectivity index (χ3v) is 3.26. The Kier molecular flexibility index (Phi) is 5.53. The second-order valence-corrected chi connectivity index (χ2v) is 4.66. The van der Waals surface area contributed by atoms with Crippen molar-refractivity contribution in [2.75, 3.05) is 0 Å². The van der Waals surface area contributed by atoms with E-state index in [0.29, 0.717) is 5.92 Å². The normalized spacial score (nSPS) is 13.3. The molecule has 3 heteroatoms. The Labute approximate surface area is 99.1 Å². The van der Waals surface area contributed by atoms with Crippen LogP contribution in [0.5, 0.6) is 0 Å². The van der Waals surface area contributed by atoms with Gasteiger partial charge < -0.3 is 10.3 Å². The van der Waals surface area contributed by atoms with Gasteiger partial charge in [0.05, 0.1) is 0 Å². The van der Waals surface area contributed by atoms with Crippen molar-refractivity contribution in [1.82, 2.24) is 9.55 Å². The Morgan fingerprint density at radius 2 is 1.94 bits per heavy atom. The van der Waals surface area contributed by atoms with E-state index in [4.69, 9.17) is 5.73 Å². The molecular formula is C13H25N3. The van der Waals surface area contributed by atoms with E-state index in [0.717, 1.165) is 12.2 Å². The van der Waals surface area contributed by atoms with Gasteiger partial charge in [0, 0.05) is 31.9 Å². The number of imidazole rings is 1. The fourth-order valence-electron chi connectivity index (χ4n) is 2.28. The minimum absolute atomic E-state index is 0.251. The van der Waals surface area contributed by atoms with Crippen molar-refractivity contribution >= 4 is 0 Å². The van der Waals surface area contributed by atoms with E-state index >= 15 is 0 Å². The van der Waals surface area contributed by atoms with Crippen molar-refractivity contribution in [2.24, 2.45) is 18.7 Å². The van der Waals surface area contributed by atoms with Gasteiger partial charge in [-0.3, -0.25) is 0 Å². The fraction of sp³-hybridized carbons (Fsp3) is 0.769. The first-order valence-corrected chi connectivity index (χ1v) is 6.40. The van der Waals surface area contributed by atoms with Gasteiger partial charge in [-0.25, -0.2) is 4.98 Å². The molecule has 0 saturated carbocycles. The molecule has 0 saturated heterocycles. The number of hydrogen-bond donors (Lipinski definition) is 1. The molecule has 16 heavy (non-hydrogen) atoms. The van der Waals surface area contributed by atoms with Crippen LogP contribution in [-0.2, 0) is 13.5 Å². The van der Waals surface area contributed by atoms with Gasteiger partial charge in [0.2, 0.25) is 0 Å². The summed E-state index contributed by atoms with van der Waals surface area (Å²) >= 11 is 0. The number of nitrogens with zero attached hydrogens (tertiary/aromatic N) is 2. The highest BCUT2D eigenvalue weighted by Gasteiger charge is 2.18. The zero-order chi connectivity index (χ0) is 12.0. The largest absolute Gasteiger partial charge is 0.338 e. The highest BCUT2D eigenvalue weighted by Crippen LogP contribution is 2.18. The molecule has 1 rings (SSSR count). The molecule has 1 aromatic rings. The van der Waals surface area contributed by atoms with Crippen LogP contribution in [0.1, 0.15) is 45.4 Å². The molecule has 3 nitrogen and oxygen atoms in total. The van der Waals surface area contributed by atoms with Gasteiger partial charge in [-0.2, -0.15) is 0 Å². The molecule has 0 aliphatic carbocycles. The summed E-state index contributed by atoms with van der Waals surface area (Å²) in [6, 6.07) is 0.251. The summed E-state index contributed by atoms with van der Waals surface area (Å²) in [7, 11) is 2.03. The van der Waals surface area contributed by atoms with Gasteiger partial charge in [-0.1, -0.05) is 26.7 Å². The molecule has 2 N–H and O–H groups in total. The second-order valence-electron chi connectivity index (χ2n) is 4.66. The monoisotopic (exact) mass is 223 g/mol. The maximum absolute atomic E-state index is 6.30. The number of aromatic nitrogens is 2.